The highest BCUT2D eigenvalue weighted by molar-refractivity contribution is 9.10. The number of carbonyl (C=O) groups is 1. The van der Waals surface area contributed by atoms with Gasteiger partial charge in [0.05, 0.1) is 17.7 Å². The summed E-state index contributed by atoms with van der Waals surface area (Å²) in [5, 5.41) is 3.07. The highest BCUT2D eigenvalue weighted by Gasteiger charge is 2.26. The van der Waals surface area contributed by atoms with Crippen molar-refractivity contribution in [1.29, 1.82) is 0 Å². The van der Waals surface area contributed by atoms with Gasteiger partial charge in [0.15, 0.2) is 0 Å². The Labute approximate surface area is 152 Å². The van der Waals surface area contributed by atoms with Gasteiger partial charge in [-0.1, -0.05) is 6.92 Å². The fourth-order valence-corrected chi connectivity index (χ4v) is 3.60. The Morgan fingerprint density at radius 1 is 1.29 bits per heavy atom. The van der Waals surface area contributed by atoms with E-state index < -0.39 is 0 Å². The fourth-order valence-electron chi connectivity index (χ4n) is 3.16. The topological polar surface area (TPSA) is 50.8 Å². The molecular formula is C18H27BrN2O3. The quantitative estimate of drug-likeness (QED) is 0.728. The molecule has 1 aromatic carbocycles. The highest BCUT2D eigenvalue weighted by Crippen LogP contribution is 2.36. The van der Waals surface area contributed by atoms with E-state index in [1.165, 1.54) is 6.42 Å². The van der Waals surface area contributed by atoms with Crippen molar-refractivity contribution in [3.05, 3.63) is 22.2 Å². The van der Waals surface area contributed by atoms with Crippen LogP contribution in [0.1, 0.15) is 44.0 Å². The molecule has 1 saturated heterocycles. The summed E-state index contributed by atoms with van der Waals surface area (Å²) in [4.78, 5) is 15.2. The average molecular weight is 399 g/mol. The molecule has 1 heterocycles. The Balaban J connectivity index is 2.18. The standard InChI is InChI=1S/C18H27BrN2O3/c1-4-21-11-7-8-13(21)12-20-18(22)16-15(23-5-2)10-9-14(19)17(16)24-6-3/h9-10,13H,4-8,11-12H2,1-3H3,(H,20,22)/t13-/m0/s1. The summed E-state index contributed by atoms with van der Waals surface area (Å²) in [6.45, 7) is 9.74. The second kappa shape index (κ2) is 9.28. The molecule has 1 amide bonds. The van der Waals surface area contributed by atoms with Crippen LogP contribution in [0.5, 0.6) is 11.5 Å². The Morgan fingerprint density at radius 3 is 2.71 bits per heavy atom. The molecule has 1 atom stereocenters. The number of hydrogen-bond acceptors (Lipinski definition) is 4. The van der Waals surface area contributed by atoms with Crippen molar-refractivity contribution in [2.75, 3.05) is 32.8 Å². The third-order valence-electron chi connectivity index (χ3n) is 4.29. The van der Waals surface area contributed by atoms with Gasteiger partial charge in [-0.2, -0.15) is 0 Å². The van der Waals surface area contributed by atoms with Gasteiger partial charge in [0.25, 0.3) is 5.91 Å². The molecule has 0 unspecified atom stereocenters. The molecular weight excluding hydrogens is 372 g/mol. The third kappa shape index (κ3) is 4.42. The van der Waals surface area contributed by atoms with Crippen LogP contribution in [-0.2, 0) is 0 Å². The predicted octanol–water partition coefficient (Wildman–Crippen LogP) is 3.46. The van der Waals surface area contributed by atoms with Crippen LogP contribution in [0.15, 0.2) is 16.6 Å². The largest absolute Gasteiger partial charge is 0.493 e. The van der Waals surface area contributed by atoms with E-state index in [1.54, 1.807) is 6.07 Å². The number of hydrogen-bond donors (Lipinski definition) is 1. The number of ether oxygens (including phenoxy) is 2. The number of likely N-dealkylation sites (N-methyl/N-ethyl adjacent to an activating group) is 1. The van der Waals surface area contributed by atoms with Crippen molar-refractivity contribution in [1.82, 2.24) is 10.2 Å². The van der Waals surface area contributed by atoms with Crippen LogP contribution >= 0.6 is 15.9 Å². The normalized spacial score (nSPS) is 17.8. The van der Waals surface area contributed by atoms with Crippen molar-refractivity contribution in [3.8, 4) is 11.5 Å². The lowest BCUT2D eigenvalue weighted by Gasteiger charge is -2.23. The van der Waals surface area contributed by atoms with E-state index in [2.05, 4.69) is 33.1 Å². The number of benzene rings is 1. The molecule has 1 aromatic rings. The first-order chi connectivity index (χ1) is 11.6. The van der Waals surface area contributed by atoms with Gasteiger partial charge in [0.1, 0.15) is 17.1 Å². The smallest absolute Gasteiger partial charge is 0.258 e. The minimum absolute atomic E-state index is 0.147. The zero-order valence-corrected chi connectivity index (χ0v) is 16.3. The predicted molar refractivity (Wildman–Crippen MR) is 99.1 cm³/mol. The van der Waals surface area contributed by atoms with E-state index >= 15 is 0 Å². The number of nitrogens with zero attached hydrogens (tertiary/aromatic N) is 1. The zero-order valence-electron chi connectivity index (χ0n) is 14.7. The second-order valence-electron chi connectivity index (χ2n) is 5.75. The number of halogens is 1. The van der Waals surface area contributed by atoms with Crippen LogP contribution in [0.3, 0.4) is 0 Å². The maximum atomic E-state index is 12.8. The van der Waals surface area contributed by atoms with Crippen LogP contribution in [0, 0.1) is 0 Å². The van der Waals surface area contributed by atoms with Crippen molar-refractivity contribution >= 4 is 21.8 Å². The molecule has 24 heavy (non-hydrogen) atoms. The maximum absolute atomic E-state index is 12.8. The molecule has 0 saturated carbocycles. The van der Waals surface area contributed by atoms with E-state index in [4.69, 9.17) is 9.47 Å². The summed E-state index contributed by atoms with van der Waals surface area (Å²) in [6, 6.07) is 4.07. The second-order valence-corrected chi connectivity index (χ2v) is 6.60. The SMILES string of the molecule is CCOc1ccc(Br)c(OCC)c1C(=O)NC[C@@H]1CCCN1CC. The lowest BCUT2D eigenvalue weighted by Crippen LogP contribution is -2.40. The van der Waals surface area contributed by atoms with E-state index in [0.717, 1.165) is 24.0 Å². The number of amides is 1. The molecule has 1 N–H and O–H groups in total. The molecule has 0 radical (unpaired) electrons. The van der Waals surface area contributed by atoms with Crippen molar-refractivity contribution < 1.29 is 14.3 Å². The zero-order chi connectivity index (χ0) is 17.5. The van der Waals surface area contributed by atoms with Crippen molar-refractivity contribution in [2.45, 2.75) is 39.7 Å². The third-order valence-corrected chi connectivity index (χ3v) is 4.91. The first-order valence-corrected chi connectivity index (χ1v) is 9.51. The van der Waals surface area contributed by atoms with Crippen molar-refractivity contribution in [2.24, 2.45) is 0 Å². The Hall–Kier alpha value is -1.27. The molecule has 1 fully saturated rings. The molecule has 1 aliphatic rings. The molecule has 134 valence electrons. The van der Waals surface area contributed by atoms with Gasteiger partial charge in [0, 0.05) is 12.6 Å². The monoisotopic (exact) mass is 398 g/mol. The minimum atomic E-state index is -0.147. The Morgan fingerprint density at radius 2 is 2.04 bits per heavy atom. The molecule has 6 heteroatoms. The van der Waals surface area contributed by atoms with Crippen LogP contribution in [-0.4, -0.2) is 49.7 Å². The van der Waals surface area contributed by atoms with Crippen LogP contribution in [0.4, 0.5) is 0 Å². The van der Waals surface area contributed by atoms with Gasteiger partial charge >= 0.3 is 0 Å². The van der Waals surface area contributed by atoms with Gasteiger partial charge < -0.3 is 14.8 Å². The highest BCUT2D eigenvalue weighted by atomic mass is 79.9. The minimum Gasteiger partial charge on any atom is -0.493 e. The Bertz CT molecular complexity index is 565. The summed E-state index contributed by atoms with van der Waals surface area (Å²) < 4.78 is 12.1. The van der Waals surface area contributed by atoms with E-state index in [0.29, 0.717) is 42.9 Å². The fraction of sp³-hybridized carbons (Fsp3) is 0.611. The summed E-state index contributed by atoms with van der Waals surface area (Å²) in [6.07, 6.45) is 2.32. The number of likely N-dealkylation sites (tertiary alicyclic amines) is 1. The maximum Gasteiger partial charge on any atom is 0.258 e. The van der Waals surface area contributed by atoms with Crippen molar-refractivity contribution in [3.63, 3.8) is 0 Å². The van der Waals surface area contributed by atoms with Gasteiger partial charge in [-0.15, -0.1) is 0 Å². The van der Waals surface area contributed by atoms with Gasteiger partial charge in [-0.05, 0) is 67.8 Å². The first-order valence-electron chi connectivity index (χ1n) is 8.72. The Kier molecular flexibility index (Phi) is 7.37. The lowest BCUT2D eigenvalue weighted by molar-refractivity contribution is 0.0933. The van der Waals surface area contributed by atoms with Crippen LogP contribution in [0.25, 0.3) is 0 Å². The van der Waals surface area contributed by atoms with Gasteiger partial charge in [0.2, 0.25) is 0 Å². The summed E-state index contributed by atoms with van der Waals surface area (Å²) >= 11 is 3.47. The van der Waals surface area contributed by atoms with E-state index in [-0.39, 0.29) is 5.91 Å². The number of rotatable bonds is 8. The van der Waals surface area contributed by atoms with Crippen LogP contribution < -0.4 is 14.8 Å². The molecule has 0 aromatic heterocycles. The number of nitrogens with one attached hydrogen (secondary N) is 1. The first kappa shape index (κ1) is 19.1. The number of carbonyl (C=O) groups excluding carboxylic acids is 1. The van der Waals surface area contributed by atoms with Gasteiger partial charge in [-0.25, -0.2) is 0 Å². The van der Waals surface area contributed by atoms with Gasteiger partial charge in [-0.3, -0.25) is 9.69 Å². The molecule has 0 aliphatic carbocycles. The summed E-state index contributed by atoms with van der Waals surface area (Å²) in [5.41, 5.74) is 0.467. The molecule has 0 bridgehead atoms. The molecule has 2 rings (SSSR count). The van der Waals surface area contributed by atoms with E-state index in [9.17, 15) is 4.79 Å². The molecule has 5 nitrogen and oxygen atoms in total. The summed E-state index contributed by atoms with van der Waals surface area (Å²) in [7, 11) is 0. The lowest BCUT2D eigenvalue weighted by atomic mass is 10.1. The van der Waals surface area contributed by atoms with E-state index in [1.807, 2.05) is 19.9 Å². The molecule has 1 aliphatic heterocycles. The summed E-state index contributed by atoms with van der Waals surface area (Å²) in [5.74, 6) is 0.950. The molecule has 0 spiro atoms. The van der Waals surface area contributed by atoms with Crippen LogP contribution in [0.2, 0.25) is 0 Å². The average Bonchev–Trinajstić information content (AvgIpc) is 3.03.